The first-order valence-electron chi connectivity index (χ1n) is 9.02. The molecule has 1 aromatic carbocycles. The number of aryl methyl sites for hydroxylation is 1. The van der Waals surface area contributed by atoms with E-state index >= 15 is 0 Å². The van der Waals surface area contributed by atoms with Gasteiger partial charge in [-0.2, -0.15) is 5.10 Å². The second-order valence-corrected chi connectivity index (χ2v) is 7.89. The number of rotatable bonds is 4. The Balaban J connectivity index is 0.00000155. The van der Waals surface area contributed by atoms with Crippen molar-refractivity contribution in [1.82, 2.24) is 20.1 Å². The van der Waals surface area contributed by atoms with E-state index in [1.54, 1.807) is 37.4 Å². The molecule has 2 aromatic heterocycles. The van der Waals surface area contributed by atoms with E-state index in [-0.39, 0.29) is 11.6 Å². The lowest BCUT2D eigenvalue weighted by molar-refractivity contribution is 0.0964. The first kappa shape index (κ1) is 21.5. The minimum atomic E-state index is -0.463. The van der Waals surface area contributed by atoms with Crippen molar-refractivity contribution < 1.29 is 11.0 Å². The third-order valence-corrected chi connectivity index (χ3v) is 5.00. The third kappa shape index (κ3) is 4.85. The standard InChI is InChI=1S/C18H14Br2ClN5O2.CH4/c1-9-6-10(19)7-11(17(27)22-2)15(9)24-18(28)13-8-14(20)25-26(13)16-12(21)4-3-5-23-16;/h3-8H,1-2H3,(H,22,27)(H,24,28);1H4/i;1T. The smallest absolute Gasteiger partial charge is 0.274 e. The zero-order valence-corrected chi connectivity index (χ0v) is 19.7. The third-order valence-electron chi connectivity index (χ3n) is 3.86. The summed E-state index contributed by atoms with van der Waals surface area (Å²) in [4.78, 5) is 29.5. The number of nitrogens with one attached hydrogen (secondary N) is 2. The molecule has 10 heteroatoms. The maximum Gasteiger partial charge on any atom is 0.274 e. The molecular formula is C19H18Br2ClN5O2. The number of aromatic nitrogens is 3. The molecule has 7 nitrogen and oxygen atoms in total. The Morgan fingerprint density at radius 3 is 2.62 bits per heavy atom. The molecule has 0 unspecified atom stereocenters. The van der Waals surface area contributed by atoms with Gasteiger partial charge in [-0.3, -0.25) is 9.59 Å². The Labute approximate surface area is 191 Å². The highest BCUT2D eigenvalue weighted by molar-refractivity contribution is 9.10. The number of hydrogen-bond acceptors (Lipinski definition) is 4. The highest BCUT2D eigenvalue weighted by Crippen LogP contribution is 2.27. The second-order valence-electron chi connectivity index (χ2n) is 5.75. The minimum Gasteiger partial charge on any atom is -0.355 e. The highest BCUT2D eigenvalue weighted by atomic mass is 79.9. The normalized spacial score (nSPS) is 10.5. The maximum atomic E-state index is 13.0. The maximum absolute atomic E-state index is 13.0. The molecule has 3 aromatic rings. The molecule has 0 saturated carbocycles. The van der Waals surface area contributed by atoms with E-state index < -0.39 is 5.91 Å². The van der Waals surface area contributed by atoms with Crippen LogP contribution in [0, 0.1) is 6.92 Å². The van der Waals surface area contributed by atoms with Gasteiger partial charge >= 0.3 is 0 Å². The lowest BCUT2D eigenvalue weighted by Gasteiger charge is -2.14. The van der Waals surface area contributed by atoms with Gasteiger partial charge in [0.2, 0.25) is 0 Å². The zero-order chi connectivity index (χ0) is 22.4. The molecule has 0 atom stereocenters. The van der Waals surface area contributed by atoms with Gasteiger partial charge < -0.3 is 10.6 Å². The molecule has 152 valence electrons. The Bertz CT molecular complexity index is 1090. The van der Waals surface area contributed by atoms with Crippen LogP contribution in [-0.2, 0) is 0 Å². The van der Waals surface area contributed by atoms with Crippen molar-refractivity contribution in [2.75, 3.05) is 12.4 Å². The summed E-state index contributed by atoms with van der Waals surface area (Å²) in [5.74, 6) is -0.461. The van der Waals surface area contributed by atoms with Gasteiger partial charge in [-0.25, -0.2) is 9.67 Å². The predicted molar refractivity (Wildman–Crippen MR) is 121 cm³/mol. The molecule has 2 heterocycles. The number of benzene rings is 1. The molecule has 0 bridgehead atoms. The van der Waals surface area contributed by atoms with E-state index in [9.17, 15) is 9.59 Å². The van der Waals surface area contributed by atoms with Crippen LogP contribution in [0.2, 0.25) is 5.02 Å². The van der Waals surface area contributed by atoms with Gasteiger partial charge in [0, 0.05) is 25.2 Å². The fraction of sp³-hybridized carbons (Fsp3) is 0.158. The van der Waals surface area contributed by atoms with Gasteiger partial charge in [-0.1, -0.05) is 34.9 Å². The van der Waals surface area contributed by atoms with Gasteiger partial charge in [0.05, 0.1) is 16.3 Å². The summed E-state index contributed by atoms with van der Waals surface area (Å²) >= 11 is 12.9. The Morgan fingerprint density at radius 1 is 1.24 bits per heavy atom. The second kappa shape index (κ2) is 9.51. The average Bonchev–Trinajstić information content (AvgIpc) is 3.12. The molecule has 0 aliphatic carbocycles. The van der Waals surface area contributed by atoms with E-state index in [2.05, 4.69) is 52.6 Å². The van der Waals surface area contributed by atoms with E-state index in [1.807, 2.05) is 6.07 Å². The van der Waals surface area contributed by atoms with Crippen molar-refractivity contribution in [3.8, 4) is 5.82 Å². The summed E-state index contributed by atoms with van der Waals surface area (Å²) in [5, 5.41) is 9.98. The van der Waals surface area contributed by atoms with E-state index in [0.717, 1.165) is 10.0 Å². The van der Waals surface area contributed by atoms with Crippen molar-refractivity contribution in [1.29, 1.82) is 0 Å². The number of carbonyl (C=O) groups excluding carboxylic acids is 2. The van der Waals surface area contributed by atoms with Crippen LogP contribution >= 0.6 is 43.5 Å². The quantitative estimate of drug-likeness (QED) is 0.483. The van der Waals surface area contributed by atoms with Gasteiger partial charge in [-0.05, 0) is 52.7 Å². The van der Waals surface area contributed by atoms with Gasteiger partial charge in [-0.15, -0.1) is 0 Å². The number of hydrogen-bond donors (Lipinski definition) is 2. The van der Waals surface area contributed by atoms with E-state index in [4.69, 9.17) is 13.0 Å². The fourth-order valence-electron chi connectivity index (χ4n) is 2.61. The first-order valence-corrected chi connectivity index (χ1v) is 9.98. The molecule has 0 saturated heterocycles. The largest absolute Gasteiger partial charge is 0.355 e. The van der Waals surface area contributed by atoms with Crippen molar-refractivity contribution in [2.24, 2.45) is 0 Å². The van der Waals surface area contributed by atoms with E-state index in [0.29, 0.717) is 26.7 Å². The SMILES string of the molecule is CNC(=O)c1cc(Br)cc(C)c1NC(=O)c1cc(Br)nn1-c1ncccc1Cl.[3H]C. The van der Waals surface area contributed by atoms with Crippen LogP contribution < -0.4 is 10.6 Å². The van der Waals surface area contributed by atoms with Crippen LogP contribution in [0.5, 0.6) is 0 Å². The highest BCUT2D eigenvalue weighted by Gasteiger charge is 2.22. The van der Waals surface area contributed by atoms with Crippen molar-refractivity contribution in [3.05, 3.63) is 67.4 Å². The van der Waals surface area contributed by atoms with Gasteiger partial charge in [0.25, 0.3) is 11.8 Å². The summed E-state index contributed by atoms with van der Waals surface area (Å²) in [6.45, 7) is 1.80. The molecule has 2 N–H and O–H groups in total. The summed E-state index contributed by atoms with van der Waals surface area (Å²) in [7, 11) is 2.78. The summed E-state index contributed by atoms with van der Waals surface area (Å²) in [6.07, 6.45) is 1.56. The topological polar surface area (TPSA) is 88.9 Å². The first-order chi connectivity index (χ1) is 14.3. The molecule has 3 rings (SSSR count). The lowest BCUT2D eigenvalue weighted by Crippen LogP contribution is -2.23. The monoisotopic (exact) mass is 543 g/mol. The number of amides is 2. The van der Waals surface area contributed by atoms with Crippen LogP contribution in [-0.4, -0.2) is 33.6 Å². The number of anilines is 1. The van der Waals surface area contributed by atoms with Crippen LogP contribution in [0.15, 0.2) is 45.6 Å². The Morgan fingerprint density at radius 2 is 1.97 bits per heavy atom. The fourth-order valence-corrected chi connectivity index (χ4v) is 3.76. The molecule has 0 radical (unpaired) electrons. The van der Waals surface area contributed by atoms with Crippen molar-refractivity contribution in [3.63, 3.8) is 0 Å². The number of carbonyl (C=O) groups is 2. The molecule has 0 spiro atoms. The number of halogens is 3. The van der Waals surface area contributed by atoms with Crippen LogP contribution in [0.25, 0.3) is 5.82 Å². The van der Waals surface area contributed by atoms with Gasteiger partial charge in [0.15, 0.2) is 5.82 Å². The predicted octanol–water partition coefficient (Wildman–Crippen LogP) is 5.00. The van der Waals surface area contributed by atoms with Crippen LogP contribution in [0.1, 0.15) is 35.2 Å². The molecular weight excluding hydrogens is 526 g/mol. The zero-order valence-electron chi connectivity index (χ0n) is 16.8. The molecule has 0 aliphatic rings. The molecule has 29 heavy (non-hydrogen) atoms. The Kier molecular flexibility index (Phi) is 7.05. The van der Waals surface area contributed by atoms with Crippen LogP contribution in [0.4, 0.5) is 5.69 Å². The summed E-state index contributed by atoms with van der Waals surface area (Å²) in [6, 6.07) is 8.35. The summed E-state index contributed by atoms with van der Waals surface area (Å²) in [5.41, 5.74) is 1.67. The molecule has 0 aliphatic heterocycles. The van der Waals surface area contributed by atoms with Crippen molar-refractivity contribution >= 4 is 61.0 Å². The van der Waals surface area contributed by atoms with Crippen molar-refractivity contribution in [2.45, 2.75) is 14.3 Å². The van der Waals surface area contributed by atoms with E-state index in [1.165, 1.54) is 19.1 Å². The molecule has 2 amide bonds. The number of nitrogens with zero attached hydrogens (tertiary/aromatic N) is 3. The van der Waals surface area contributed by atoms with Gasteiger partial charge in [0.1, 0.15) is 10.3 Å². The lowest BCUT2D eigenvalue weighted by atomic mass is 10.1. The molecule has 0 fully saturated rings. The minimum absolute atomic E-state index is 0.206. The number of pyridine rings is 1. The summed E-state index contributed by atoms with van der Waals surface area (Å²) < 4.78 is 8.27. The van der Waals surface area contributed by atoms with Crippen LogP contribution in [0.3, 0.4) is 0 Å². The Hall–Kier alpha value is -2.23. The average molecular weight is 546 g/mol.